The van der Waals surface area contributed by atoms with Crippen LogP contribution in [0.5, 0.6) is 0 Å². The molecule has 0 amide bonds. The van der Waals surface area contributed by atoms with Crippen molar-refractivity contribution in [2.45, 2.75) is 13.3 Å². The van der Waals surface area contributed by atoms with Gasteiger partial charge in [0.25, 0.3) is 0 Å². The van der Waals surface area contributed by atoms with Gasteiger partial charge in [-0.15, -0.1) is 11.3 Å². The SMILES string of the molecule is CC1Cc2ccccc2N(c2csc(C(=O)O)c2)C1. The molecule has 3 rings (SSSR count). The van der Waals surface area contributed by atoms with E-state index in [4.69, 9.17) is 5.11 Å². The van der Waals surface area contributed by atoms with Gasteiger partial charge in [0.05, 0.1) is 5.69 Å². The largest absolute Gasteiger partial charge is 0.477 e. The summed E-state index contributed by atoms with van der Waals surface area (Å²) in [5, 5.41) is 11.0. The molecule has 98 valence electrons. The molecular formula is C15H15NO2S. The number of carboxylic acid groups (broad SMARTS) is 1. The van der Waals surface area contributed by atoms with Gasteiger partial charge in [-0.2, -0.15) is 0 Å². The zero-order valence-corrected chi connectivity index (χ0v) is 11.5. The Labute approximate surface area is 116 Å². The summed E-state index contributed by atoms with van der Waals surface area (Å²) in [5.74, 6) is -0.280. The quantitative estimate of drug-likeness (QED) is 0.905. The van der Waals surface area contributed by atoms with Crippen molar-refractivity contribution in [1.82, 2.24) is 0 Å². The number of hydrogen-bond donors (Lipinski definition) is 1. The Hall–Kier alpha value is -1.81. The third-order valence-electron chi connectivity index (χ3n) is 3.45. The van der Waals surface area contributed by atoms with Gasteiger partial charge >= 0.3 is 5.97 Å². The minimum absolute atomic E-state index is 0.394. The van der Waals surface area contributed by atoms with Crippen LogP contribution in [-0.4, -0.2) is 17.6 Å². The van der Waals surface area contributed by atoms with Gasteiger partial charge in [-0.3, -0.25) is 0 Å². The second-order valence-electron chi connectivity index (χ2n) is 5.02. The number of rotatable bonds is 2. The lowest BCUT2D eigenvalue weighted by molar-refractivity contribution is 0.0702. The van der Waals surface area contributed by atoms with Crippen molar-refractivity contribution in [3.8, 4) is 0 Å². The summed E-state index contributed by atoms with van der Waals surface area (Å²) in [6.07, 6.45) is 1.09. The normalized spacial score (nSPS) is 18.2. The molecule has 1 aliphatic rings. The number of benzene rings is 1. The van der Waals surface area contributed by atoms with Gasteiger partial charge in [0.2, 0.25) is 0 Å². The van der Waals surface area contributed by atoms with Crippen LogP contribution < -0.4 is 4.90 Å². The van der Waals surface area contributed by atoms with Crippen LogP contribution >= 0.6 is 11.3 Å². The van der Waals surface area contributed by atoms with E-state index in [9.17, 15) is 4.79 Å². The zero-order valence-electron chi connectivity index (χ0n) is 10.7. The van der Waals surface area contributed by atoms with Gasteiger partial charge in [0, 0.05) is 17.6 Å². The van der Waals surface area contributed by atoms with E-state index in [0.29, 0.717) is 10.8 Å². The van der Waals surface area contributed by atoms with Gasteiger partial charge in [-0.1, -0.05) is 25.1 Å². The van der Waals surface area contributed by atoms with Crippen molar-refractivity contribution in [2.75, 3.05) is 11.4 Å². The van der Waals surface area contributed by atoms with Crippen LogP contribution in [0.15, 0.2) is 35.7 Å². The maximum Gasteiger partial charge on any atom is 0.345 e. The summed E-state index contributed by atoms with van der Waals surface area (Å²) in [6, 6.07) is 10.1. The summed E-state index contributed by atoms with van der Waals surface area (Å²) < 4.78 is 0. The first kappa shape index (κ1) is 12.2. The van der Waals surface area contributed by atoms with Crippen LogP contribution in [0.2, 0.25) is 0 Å². The fourth-order valence-corrected chi connectivity index (χ4v) is 3.35. The van der Waals surface area contributed by atoms with Gasteiger partial charge in [-0.05, 0) is 30.0 Å². The first-order chi connectivity index (χ1) is 9.15. The molecule has 1 aliphatic heterocycles. The molecule has 4 heteroatoms. The molecule has 0 saturated heterocycles. The highest BCUT2D eigenvalue weighted by Crippen LogP contribution is 2.37. The molecule has 2 heterocycles. The minimum atomic E-state index is -0.852. The molecule has 19 heavy (non-hydrogen) atoms. The number of fused-ring (bicyclic) bond motifs is 1. The van der Waals surface area contributed by atoms with Crippen LogP contribution in [0.1, 0.15) is 22.2 Å². The molecule has 0 fully saturated rings. The third-order valence-corrected chi connectivity index (χ3v) is 4.36. The molecule has 3 nitrogen and oxygen atoms in total. The second-order valence-corrected chi connectivity index (χ2v) is 5.93. The van der Waals surface area contributed by atoms with Crippen molar-refractivity contribution in [3.63, 3.8) is 0 Å². The number of carbonyl (C=O) groups is 1. The highest BCUT2D eigenvalue weighted by Gasteiger charge is 2.23. The highest BCUT2D eigenvalue weighted by atomic mass is 32.1. The van der Waals surface area contributed by atoms with Gasteiger partial charge in [0.1, 0.15) is 4.88 Å². The minimum Gasteiger partial charge on any atom is -0.477 e. The van der Waals surface area contributed by atoms with E-state index in [2.05, 4.69) is 30.0 Å². The molecular weight excluding hydrogens is 258 g/mol. The molecule has 2 aromatic rings. The highest BCUT2D eigenvalue weighted by molar-refractivity contribution is 7.12. The lowest BCUT2D eigenvalue weighted by Gasteiger charge is -2.34. The Morgan fingerprint density at radius 2 is 2.21 bits per heavy atom. The van der Waals surface area contributed by atoms with Crippen molar-refractivity contribution in [2.24, 2.45) is 5.92 Å². The molecule has 1 aromatic heterocycles. The van der Waals surface area contributed by atoms with E-state index < -0.39 is 5.97 Å². The monoisotopic (exact) mass is 273 g/mol. The number of thiophene rings is 1. The Balaban J connectivity index is 2.02. The molecule has 0 aliphatic carbocycles. The molecule has 1 aromatic carbocycles. The third kappa shape index (κ3) is 2.24. The predicted molar refractivity (Wildman–Crippen MR) is 77.6 cm³/mol. The van der Waals surface area contributed by atoms with Crippen LogP contribution in [0.3, 0.4) is 0 Å². The van der Waals surface area contributed by atoms with E-state index in [1.165, 1.54) is 22.6 Å². The van der Waals surface area contributed by atoms with Gasteiger partial charge < -0.3 is 10.0 Å². The number of nitrogens with zero attached hydrogens (tertiary/aromatic N) is 1. The molecule has 0 radical (unpaired) electrons. The molecule has 1 atom stereocenters. The van der Waals surface area contributed by atoms with Gasteiger partial charge in [-0.25, -0.2) is 4.79 Å². The van der Waals surface area contributed by atoms with Crippen molar-refractivity contribution >= 4 is 28.7 Å². The average molecular weight is 273 g/mol. The molecule has 0 saturated carbocycles. The number of para-hydroxylation sites is 1. The Bertz CT molecular complexity index is 620. The lowest BCUT2D eigenvalue weighted by atomic mass is 9.94. The first-order valence-electron chi connectivity index (χ1n) is 6.32. The van der Waals surface area contributed by atoms with Crippen LogP contribution in [0.25, 0.3) is 0 Å². The topological polar surface area (TPSA) is 40.5 Å². The molecule has 0 spiro atoms. The predicted octanol–water partition coefficient (Wildman–Crippen LogP) is 3.78. The van der Waals surface area contributed by atoms with Crippen molar-refractivity contribution in [1.29, 1.82) is 0 Å². The summed E-state index contributed by atoms with van der Waals surface area (Å²) in [6.45, 7) is 3.17. The molecule has 1 N–H and O–H groups in total. The van der Waals surface area contributed by atoms with E-state index in [-0.39, 0.29) is 0 Å². The molecule has 1 unspecified atom stereocenters. The summed E-state index contributed by atoms with van der Waals surface area (Å²) >= 11 is 1.29. The van der Waals surface area contributed by atoms with E-state index in [1.807, 2.05) is 11.4 Å². The number of carboxylic acids is 1. The number of aromatic carboxylic acids is 1. The Kier molecular flexibility index (Phi) is 3.03. The average Bonchev–Trinajstić information content (AvgIpc) is 2.87. The van der Waals surface area contributed by atoms with Crippen LogP contribution in [-0.2, 0) is 6.42 Å². The van der Waals surface area contributed by atoms with Crippen LogP contribution in [0, 0.1) is 5.92 Å². The van der Waals surface area contributed by atoms with E-state index >= 15 is 0 Å². The van der Waals surface area contributed by atoms with Gasteiger partial charge in [0.15, 0.2) is 0 Å². The van der Waals surface area contributed by atoms with Crippen LogP contribution in [0.4, 0.5) is 11.4 Å². The fraction of sp³-hybridized carbons (Fsp3) is 0.267. The number of anilines is 2. The lowest BCUT2D eigenvalue weighted by Crippen LogP contribution is -2.30. The van der Waals surface area contributed by atoms with Crippen molar-refractivity contribution in [3.05, 3.63) is 46.2 Å². The maximum atomic E-state index is 11.0. The summed E-state index contributed by atoms with van der Waals surface area (Å²) in [5.41, 5.74) is 3.53. The number of hydrogen-bond acceptors (Lipinski definition) is 3. The van der Waals surface area contributed by atoms with E-state index in [1.54, 1.807) is 6.07 Å². The van der Waals surface area contributed by atoms with Crippen molar-refractivity contribution < 1.29 is 9.90 Å². The zero-order chi connectivity index (χ0) is 13.4. The van der Waals surface area contributed by atoms with E-state index in [0.717, 1.165) is 18.7 Å². The fourth-order valence-electron chi connectivity index (χ4n) is 2.62. The Morgan fingerprint density at radius 1 is 1.42 bits per heavy atom. The summed E-state index contributed by atoms with van der Waals surface area (Å²) in [7, 11) is 0. The second kappa shape index (κ2) is 4.70. The molecule has 0 bridgehead atoms. The Morgan fingerprint density at radius 3 is 2.95 bits per heavy atom. The first-order valence-corrected chi connectivity index (χ1v) is 7.20. The summed E-state index contributed by atoms with van der Waals surface area (Å²) in [4.78, 5) is 13.6. The smallest absolute Gasteiger partial charge is 0.345 e. The standard InChI is InChI=1S/C15H15NO2S/c1-10-6-11-4-2-3-5-13(11)16(8-10)12-7-14(15(17)18)19-9-12/h2-5,7,9-10H,6,8H2,1H3,(H,17,18). The maximum absolute atomic E-state index is 11.0.